The summed E-state index contributed by atoms with van der Waals surface area (Å²) in [5.41, 5.74) is 2.03. The Bertz CT molecular complexity index is 1230. The Balaban J connectivity index is 1.79. The van der Waals surface area contributed by atoms with Crippen LogP contribution in [-0.2, 0) is 6.61 Å². The molecule has 31 heavy (non-hydrogen) atoms. The highest BCUT2D eigenvalue weighted by Crippen LogP contribution is 2.29. The molecule has 0 atom stereocenters. The molecule has 0 fully saturated rings. The fourth-order valence-corrected chi connectivity index (χ4v) is 3.06. The van der Waals surface area contributed by atoms with Crippen LogP contribution in [0.15, 0.2) is 66.7 Å². The van der Waals surface area contributed by atoms with Gasteiger partial charge >= 0.3 is 5.97 Å². The van der Waals surface area contributed by atoms with Gasteiger partial charge < -0.3 is 9.84 Å². The van der Waals surface area contributed by atoms with Gasteiger partial charge in [0.1, 0.15) is 12.4 Å². The summed E-state index contributed by atoms with van der Waals surface area (Å²) in [5.74, 6) is -0.624. The molecule has 8 heteroatoms. The van der Waals surface area contributed by atoms with E-state index in [0.29, 0.717) is 27.5 Å². The molecule has 1 N–H and O–H groups in total. The summed E-state index contributed by atoms with van der Waals surface area (Å²) < 4.78 is 5.69. The molecule has 0 spiro atoms. The largest absolute Gasteiger partial charge is 0.487 e. The van der Waals surface area contributed by atoms with Crippen LogP contribution in [0, 0.1) is 21.4 Å². The number of ether oxygens (including phenoxy) is 1. The first kappa shape index (κ1) is 21.6. The highest BCUT2D eigenvalue weighted by molar-refractivity contribution is 6.32. The van der Waals surface area contributed by atoms with E-state index < -0.39 is 10.9 Å². The van der Waals surface area contributed by atoms with Gasteiger partial charge in [0.25, 0.3) is 5.69 Å². The van der Waals surface area contributed by atoms with Crippen molar-refractivity contribution in [2.24, 2.45) is 0 Å². The maximum atomic E-state index is 11.1. The Morgan fingerprint density at radius 1 is 1.13 bits per heavy atom. The van der Waals surface area contributed by atoms with Crippen LogP contribution < -0.4 is 4.74 Å². The van der Waals surface area contributed by atoms with Crippen LogP contribution in [0.5, 0.6) is 5.75 Å². The number of halogens is 1. The lowest BCUT2D eigenvalue weighted by Gasteiger charge is -2.09. The standard InChI is InChI=1S/C23H15ClN2O5/c24-21-11-15(9-19(13-25)17-4-2-6-20(12-17)26(29)30)7-8-22(21)31-14-16-3-1-5-18(10-16)23(27)28/h1-12H,14H2,(H,27,28). The topological polar surface area (TPSA) is 113 Å². The molecule has 0 radical (unpaired) electrons. The maximum Gasteiger partial charge on any atom is 0.335 e. The lowest BCUT2D eigenvalue weighted by molar-refractivity contribution is -0.384. The van der Waals surface area contributed by atoms with Gasteiger partial charge in [-0.25, -0.2) is 4.79 Å². The zero-order chi connectivity index (χ0) is 22.4. The Hall–Kier alpha value is -4.15. The first-order chi connectivity index (χ1) is 14.9. The predicted octanol–water partition coefficient (Wildman–Crippen LogP) is 5.59. The molecule has 0 amide bonds. The van der Waals surface area contributed by atoms with Crippen molar-refractivity contribution in [3.05, 3.63) is 104 Å². The normalized spacial score (nSPS) is 10.9. The number of hydrogen-bond acceptors (Lipinski definition) is 5. The molecule has 0 aromatic heterocycles. The maximum absolute atomic E-state index is 11.1. The van der Waals surface area contributed by atoms with E-state index in [4.69, 9.17) is 21.4 Å². The van der Waals surface area contributed by atoms with E-state index in [-0.39, 0.29) is 23.4 Å². The Labute approximate surface area is 182 Å². The number of nitrogens with zero attached hydrogens (tertiary/aromatic N) is 2. The number of allylic oxidation sites excluding steroid dienone is 1. The van der Waals surface area contributed by atoms with Gasteiger partial charge in [0.05, 0.1) is 27.2 Å². The van der Waals surface area contributed by atoms with Gasteiger partial charge in [0.2, 0.25) is 0 Å². The number of hydrogen-bond donors (Lipinski definition) is 1. The van der Waals surface area contributed by atoms with Crippen molar-refractivity contribution < 1.29 is 19.6 Å². The number of nitro groups is 1. The van der Waals surface area contributed by atoms with Crippen molar-refractivity contribution in [3.63, 3.8) is 0 Å². The van der Waals surface area contributed by atoms with Crippen LogP contribution in [0.4, 0.5) is 5.69 Å². The van der Waals surface area contributed by atoms with E-state index in [9.17, 15) is 20.2 Å². The minimum Gasteiger partial charge on any atom is -0.487 e. The van der Waals surface area contributed by atoms with Crippen molar-refractivity contribution in [1.82, 2.24) is 0 Å². The van der Waals surface area contributed by atoms with Crippen molar-refractivity contribution in [2.45, 2.75) is 6.61 Å². The smallest absolute Gasteiger partial charge is 0.335 e. The molecule has 0 heterocycles. The van der Waals surface area contributed by atoms with Crippen LogP contribution in [0.1, 0.15) is 27.0 Å². The van der Waals surface area contributed by atoms with Gasteiger partial charge in [-0.05, 0) is 47.0 Å². The second kappa shape index (κ2) is 9.57. The molecule has 0 saturated heterocycles. The number of nitriles is 1. The molecular weight excluding hydrogens is 420 g/mol. The molecule has 0 aliphatic heterocycles. The molecule has 3 aromatic carbocycles. The van der Waals surface area contributed by atoms with Crippen molar-refractivity contribution in [1.29, 1.82) is 5.26 Å². The highest BCUT2D eigenvalue weighted by Gasteiger charge is 2.10. The van der Waals surface area contributed by atoms with Crippen LogP contribution in [0.3, 0.4) is 0 Å². The fraction of sp³-hybridized carbons (Fsp3) is 0.0435. The van der Waals surface area contributed by atoms with E-state index in [0.717, 1.165) is 0 Å². The number of rotatable bonds is 7. The molecule has 3 aromatic rings. The summed E-state index contributed by atoms with van der Waals surface area (Å²) in [6.45, 7) is 0.132. The fourth-order valence-electron chi connectivity index (χ4n) is 2.81. The van der Waals surface area contributed by atoms with Crippen molar-refractivity contribution in [3.8, 4) is 11.8 Å². The molecule has 7 nitrogen and oxygen atoms in total. The van der Waals surface area contributed by atoms with Gasteiger partial charge in [0, 0.05) is 12.1 Å². The number of nitro benzene ring substituents is 1. The van der Waals surface area contributed by atoms with Gasteiger partial charge in [-0.1, -0.05) is 41.9 Å². The van der Waals surface area contributed by atoms with Crippen LogP contribution in [-0.4, -0.2) is 16.0 Å². The SMILES string of the molecule is N#CC(=Cc1ccc(OCc2cccc(C(=O)O)c2)c(Cl)c1)c1cccc([N+](=O)[O-])c1. The quantitative estimate of drug-likeness (QED) is 0.224. The first-order valence-corrected chi connectivity index (χ1v) is 9.36. The summed E-state index contributed by atoms with van der Waals surface area (Å²) in [5, 5.41) is 29.8. The first-order valence-electron chi connectivity index (χ1n) is 8.98. The minimum atomic E-state index is -1.02. The van der Waals surface area contributed by atoms with E-state index in [1.165, 1.54) is 30.3 Å². The molecule has 0 bridgehead atoms. The number of carboxylic acids is 1. The summed E-state index contributed by atoms with van der Waals surface area (Å²) in [7, 11) is 0. The molecule has 154 valence electrons. The van der Waals surface area contributed by atoms with Crippen LogP contribution >= 0.6 is 11.6 Å². The van der Waals surface area contributed by atoms with Crippen molar-refractivity contribution in [2.75, 3.05) is 0 Å². The number of carboxylic acid groups (broad SMARTS) is 1. The van der Waals surface area contributed by atoms with Crippen LogP contribution in [0.25, 0.3) is 11.6 Å². The van der Waals surface area contributed by atoms with E-state index in [2.05, 4.69) is 0 Å². The lowest BCUT2D eigenvalue weighted by Crippen LogP contribution is -2.00. The molecular formula is C23H15ClN2O5. The third-order valence-electron chi connectivity index (χ3n) is 4.32. The monoisotopic (exact) mass is 434 g/mol. The Morgan fingerprint density at radius 2 is 1.87 bits per heavy atom. The van der Waals surface area contributed by atoms with Gasteiger partial charge in [0.15, 0.2) is 0 Å². The average molecular weight is 435 g/mol. The summed E-state index contributed by atoms with van der Waals surface area (Å²) in [6, 6.07) is 19.2. The number of benzene rings is 3. The van der Waals surface area contributed by atoms with Crippen LogP contribution in [0.2, 0.25) is 5.02 Å². The zero-order valence-corrected chi connectivity index (χ0v) is 16.7. The minimum absolute atomic E-state index is 0.104. The summed E-state index contributed by atoms with van der Waals surface area (Å²) in [6.07, 6.45) is 1.57. The molecule has 0 unspecified atom stereocenters. The third kappa shape index (κ3) is 5.47. The van der Waals surface area contributed by atoms with Gasteiger partial charge in [-0.2, -0.15) is 5.26 Å². The Morgan fingerprint density at radius 3 is 2.55 bits per heavy atom. The number of carbonyl (C=O) groups is 1. The average Bonchev–Trinajstić information content (AvgIpc) is 2.77. The highest BCUT2D eigenvalue weighted by atomic mass is 35.5. The van der Waals surface area contributed by atoms with E-state index in [1.54, 1.807) is 42.5 Å². The lowest BCUT2D eigenvalue weighted by atomic mass is 10.0. The van der Waals surface area contributed by atoms with E-state index >= 15 is 0 Å². The molecule has 0 aliphatic rings. The van der Waals surface area contributed by atoms with Gasteiger partial charge in [-0.15, -0.1) is 0 Å². The zero-order valence-electron chi connectivity index (χ0n) is 16.0. The number of aromatic carboxylic acids is 1. The molecule has 0 saturated carbocycles. The second-order valence-corrected chi connectivity index (χ2v) is 6.87. The van der Waals surface area contributed by atoms with Crippen molar-refractivity contribution >= 4 is 34.9 Å². The Kier molecular flexibility index (Phi) is 6.65. The summed E-state index contributed by atoms with van der Waals surface area (Å²) >= 11 is 6.30. The number of non-ortho nitro benzene ring substituents is 1. The van der Waals surface area contributed by atoms with E-state index in [1.807, 2.05) is 6.07 Å². The third-order valence-corrected chi connectivity index (χ3v) is 4.62. The molecule has 3 rings (SSSR count). The summed E-state index contributed by atoms with van der Waals surface area (Å²) in [4.78, 5) is 21.5. The molecule has 0 aliphatic carbocycles. The predicted molar refractivity (Wildman–Crippen MR) is 116 cm³/mol. The second-order valence-electron chi connectivity index (χ2n) is 6.46. The van der Waals surface area contributed by atoms with Gasteiger partial charge in [-0.3, -0.25) is 10.1 Å².